The lowest BCUT2D eigenvalue weighted by Crippen LogP contribution is -2.38. The van der Waals surface area contributed by atoms with Crippen molar-refractivity contribution in [1.29, 1.82) is 0 Å². The largest absolute Gasteiger partial charge is 0.481 e. The number of esters is 1. The van der Waals surface area contributed by atoms with E-state index in [1.54, 1.807) is 13.8 Å². The van der Waals surface area contributed by atoms with Crippen molar-refractivity contribution in [2.75, 3.05) is 33.0 Å². The average molecular weight is 698 g/mol. The van der Waals surface area contributed by atoms with E-state index in [4.69, 9.17) is 34.5 Å². The van der Waals surface area contributed by atoms with Crippen LogP contribution in [0.5, 0.6) is 0 Å². The number of hydrogen-bond acceptors (Lipinski definition) is 10. The van der Waals surface area contributed by atoms with Crippen molar-refractivity contribution in [2.24, 2.45) is 22.7 Å². The van der Waals surface area contributed by atoms with Crippen molar-refractivity contribution in [2.45, 2.75) is 99.5 Å². The highest BCUT2D eigenvalue weighted by Crippen LogP contribution is 2.33. The van der Waals surface area contributed by atoms with Gasteiger partial charge in [-0.05, 0) is 82.1 Å². The second-order valence-corrected chi connectivity index (χ2v) is 13.2. The van der Waals surface area contributed by atoms with Crippen molar-refractivity contribution in [3.05, 3.63) is 34.9 Å². The summed E-state index contributed by atoms with van der Waals surface area (Å²) in [6.45, 7) is 12.1. The maximum atomic E-state index is 11.8. The Kier molecular flexibility index (Phi) is 19.7. The second-order valence-electron chi connectivity index (χ2n) is 13.2. The van der Waals surface area contributed by atoms with Gasteiger partial charge in [0.25, 0.3) is 0 Å². The van der Waals surface area contributed by atoms with Gasteiger partial charge in [-0.15, -0.1) is 0 Å². The first kappa shape index (κ1) is 43.4. The summed E-state index contributed by atoms with van der Waals surface area (Å²) in [6.07, 6.45) is 7.02. The van der Waals surface area contributed by atoms with E-state index in [-0.39, 0.29) is 65.6 Å². The third-order valence-corrected chi connectivity index (χ3v) is 8.80. The minimum absolute atomic E-state index is 0.0107. The van der Waals surface area contributed by atoms with Crippen LogP contribution in [0.25, 0.3) is 0 Å². The molecule has 0 heterocycles. The molecule has 14 nitrogen and oxygen atoms in total. The number of carboxylic acid groups (broad SMARTS) is 3. The molecule has 2 atom stereocenters. The van der Waals surface area contributed by atoms with Gasteiger partial charge < -0.3 is 25.4 Å². The van der Waals surface area contributed by atoms with Gasteiger partial charge in [-0.1, -0.05) is 40.5 Å². The average Bonchev–Trinajstić information content (AvgIpc) is 3.07. The van der Waals surface area contributed by atoms with Crippen LogP contribution in [0.3, 0.4) is 0 Å². The van der Waals surface area contributed by atoms with Crippen LogP contribution < -0.4 is 5.32 Å². The minimum Gasteiger partial charge on any atom is -0.481 e. The zero-order chi connectivity index (χ0) is 37.0. The molecule has 4 N–H and O–H groups in total. The number of carbonyl (C=O) groups is 5. The lowest BCUT2D eigenvalue weighted by atomic mass is 9.77. The Labute approximate surface area is 288 Å². The lowest BCUT2D eigenvalue weighted by molar-refractivity contribution is -0.307. The predicted molar refractivity (Wildman–Crippen MR) is 177 cm³/mol. The number of ether oxygens (including phenoxy) is 1. The Balaban J connectivity index is 0.000000490. The van der Waals surface area contributed by atoms with Crippen LogP contribution in [0.1, 0.15) is 119 Å². The molecule has 0 aliphatic heterocycles. The summed E-state index contributed by atoms with van der Waals surface area (Å²) in [7, 11) is 0. The van der Waals surface area contributed by atoms with Crippen LogP contribution in [-0.4, -0.2) is 78.1 Å². The van der Waals surface area contributed by atoms with E-state index < -0.39 is 23.3 Å². The van der Waals surface area contributed by atoms with Crippen LogP contribution in [0.2, 0.25) is 0 Å². The number of nitrogens with one attached hydrogen (secondary N) is 1. The molecule has 1 fully saturated rings. The van der Waals surface area contributed by atoms with Crippen molar-refractivity contribution < 1.29 is 63.6 Å². The molecule has 14 heteroatoms. The zero-order valence-electron chi connectivity index (χ0n) is 29.7. The quantitative estimate of drug-likeness (QED) is 0.0530. The van der Waals surface area contributed by atoms with Gasteiger partial charge in [0.05, 0.1) is 35.7 Å². The highest BCUT2D eigenvalue weighted by atomic mass is 17.2. The molecule has 49 heavy (non-hydrogen) atoms. The first-order valence-electron chi connectivity index (χ1n) is 16.8. The molecule has 1 aliphatic rings. The third-order valence-electron chi connectivity index (χ3n) is 8.80. The molecule has 1 aromatic rings. The SMILES string of the molecule is CCC(C)(C)C(=O)NCCOOCCCC1CCCCC1C(=O)O.CCC(C)(C)C(=O)OCCOOCc1cc(C(=O)O)ccc1C(=O)O. The predicted octanol–water partition coefficient (Wildman–Crippen LogP) is 5.67. The number of benzene rings is 1. The van der Waals surface area contributed by atoms with Crippen molar-refractivity contribution in [3.8, 4) is 0 Å². The van der Waals surface area contributed by atoms with Crippen LogP contribution in [0.4, 0.5) is 0 Å². The van der Waals surface area contributed by atoms with Crippen LogP contribution >= 0.6 is 0 Å². The number of aliphatic carboxylic acids is 1. The van der Waals surface area contributed by atoms with Crippen molar-refractivity contribution in [1.82, 2.24) is 5.32 Å². The van der Waals surface area contributed by atoms with Crippen molar-refractivity contribution in [3.63, 3.8) is 0 Å². The summed E-state index contributed by atoms with van der Waals surface area (Å²) < 4.78 is 5.05. The Morgan fingerprint density at radius 3 is 2.04 bits per heavy atom. The monoisotopic (exact) mass is 697 g/mol. The molecule has 0 radical (unpaired) electrons. The minimum atomic E-state index is -1.20. The summed E-state index contributed by atoms with van der Waals surface area (Å²) in [5.41, 5.74) is -0.906. The van der Waals surface area contributed by atoms with E-state index in [2.05, 4.69) is 5.32 Å². The van der Waals surface area contributed by atoms with Gasteiger partial charge in [-0.2, -0.15) is 0 Å². The molecule has 0 spiro atoms. The number of rotatable bonds is 21. The molecule has 0 aromatic heterocycles. The summed E-state index contributed by atoms with van der Waals surface area (Å²) >= 11 is 0. The Hall–Kier alpha value is -3.59. The van der Waals surface area contributed by atoms with Crippen LogP contribution in [0.15, 0.2) is 18.2 Å². The molecular weight excluding hydrogens is 642 g/mol. The van der Waals surface area contributed by atoms with Gasteiger partial charge in [0.1, 0.15) is 19.8 Å². The fourth-order valence-corrected chi connectivity index (χ4v) is 4.73. The number of aromatic carboxylic acids is 2. The number of amides is 1. The summed E-state index contributed by atoms with van der Waals surface area (Å²) in [6, 6.07) is 3.60. The van der Waals surface area contributed by atoms with Crippen LogP contribution in [-0.2, 0) is 45.3 Å². The summed E-state index contributed by atoms with van der Waals surface area (Å²) in [5.74, 6) is -3.31. The fraction of sp³-hybridized carbons (Fsp3) is 0.686. The molecule has 1 aromatic carbocycles. The Bertz CT molecular complexity index is 1210. The molecule has 1 aliphatic carbocycles. The maximum absolute atomic E-state index is 11.8. The van der Waals surface area contributed by atoms with E-state index in [1.807, 2.05) is 27.7 Å². The van der Waals surface area contributed by atoms with E-state index in [0.717, 1.165) is 44.9 Å². The summed E-state index contributed by atoms with van der Waals surface area (Å²) in [4.78, 5) is 76.8. The van der Waals surface area contributed by atoms with Gasteiger partial charge in [-0.3, -0.25) is 14.4 Å². The number of hydrogen-bond donors (Lipinski definition) is 4. The normalized spacial score (nSPS) is 16.2. The van der Waals surface area contributed by atoms with E-state index in [0.29, 0.717) is 26.2 Å². The molecule has 1 amide bonds. The first-order chi connectivity index (χ1) is 23.1. The molecule has 0 bridgehead atoms. The third kappa shape index (κ3) is 16.1. The van der Waals surface area contributed by atoms with Gasteiger partial charge >= 0.3 is 23.9 Å². The van der Waals surface area contributed by atoms with E-state index in [9.17, 15) is 29.1 Å². The smallest absolute Gasteiger partial charge is 0.336 e. The lowest BCUT2D eigenvalue weighted by Gasteiger charge is -2.28. The second kappa shape index (κ2) is 22.2. The molecule has 1 saturated carbocycles. The molecule has 2 rings (SSSR count). The van der Waals surface area contributed by atoms with E-state index in [1.165, 1.54) is 18.2 Å². The van der Waals surface area contributed by atoms with Gasteiger partial charge in [0.2, 0.25) is 5.91 Å². The fourth-order valence-electron chi connectivity index (χ4n) is 4.73. The summed E-state index contributed by atoms with van der Waals surface area (Å²) in [5, 5.41) is 30.1. The van der Waals surface area contributed by atoms with Gasteiger partial charge in [-0.25, -0.2) is 29.1 Å². The number of carbonyl (C=O) groups excluding carboxylic acids is 2. The highest BCUT2D eigenvalue weighted by molar-refractivity contribution is 5.93. The van der Waals surface area contributed by atoms with Crippen molar-refractivity contribution >= 4 is 29.8 Å². The zero-order valence-corrected chi connectivity index (χ0v) is 29.7. The van der Waals surface area contributed by atoms with E-state index >= 15 is 0 Å². The standard InChI is InChI=1S/C18H33NO5.C17H22O8/c1-4-18(2,3)17(22)19-11-13-24-23-12-7-9-14-8-5-6-10-15(14)16(20)21;1-4-17(2,3)16(22)23-7-8-24-25-10-12-9-11(14(18)19)5-6-13(12)15(20)21/h14-15H,4-13H2,1-3H3,(H,19,22)(H,20,21);5-6,9H,4,7-8,10H2,1-3H3,(H,18,19)(H,20,21). The Morgan fingerprint density at radius 2 is 1.43 bits per heavy atom. The molecule has 0 saturated heterocycles. The molecule has 278 valence electrons. The highest BCUT2D eigenvalue weighted by Gasteiger charge is 2.30. The first-order valence-corrected chi connectivity index (χ1v) is 16.8. The molecular formula is C35H55NO13. The van der Waals surface area contributed by atoms with Gasteiger partial charge in [0, 0.05) is 12.0 Å². The number of carboxylic acids is 3. The van der Waals surface area contributed by atoms with Gasteiger partial charge in [0.15, 0.2) is 0 Å². The molecule has 2 unspecified atom stereocenters. The maximum Gasteiger partial charge on any atom is 0.336 e. The topological polar surface area (TPSA) is 204 Å². The van der Waals surface area contributed by atoms with Crippen LogP contribution in [0, 0.1) is 22.7 Å². The Morgan fingerprint density at radius 1 is 0.796 bits per heavy atom.